The molecule has 11 rings (SSSR count). The molecule has 4 nitrogen and oxygen atoms in total. The van der Waals surface area contributed by atoms with Gasteiger partial charge in [-0.15, -0.1) is 0 Å². The van der Waals surface area contributed by atoms with Crippen LogP contribution >= 0.6 is 0 Å². The predicted octanol–water partition coefficient (Wildman–Crippen LogP) is 10.8. The molecule has 248 valence electrons. The molecule has 0 N–H and O–H groups in total. The van der Waals surface area contributed by atoms with E-state index >= 15 is 0 Å². The Morgan fingerprint density at radius 1 is 0.804 bits per heavy atom. The van der Waals surface area contributed by atoms with Crippen molar-refractivity contribution in [1.82, 2.24) is 0 Å². The topological polar surface area (TPSA) is 34.1 Å². The van der Waals surface area contributed by atoms with Crippen LogP contribution in [0.1, 0.15) is 48.3 Å². The lowest BCUT2D eigenvalue weighted by Gasteiger charge is -2.48. The van der Waals surface area contributed by atoms with E-state index in [9.17, 15) is 0 Å². The summed E-state index contributed by atoms with van der Waals surface area (Å²) in [6.07, 6.45) is 33.4. The molecule has 5 unspecified atom stereocenters. The maximum absolute atomic E-state index is 6.99. The predicted molar refractivity (Wildman–Crippen MR) is 205 cm³/mol. The molecule has 3 aromatic carbocycles. The summed E-state index contributed by atoms with van der Waals surface area (Å²) in [6.45, 7) is 0.773. The van der Waals surface area contributed by atoms with Crippen LogP contribution in [0.25, 0.3) is 0 Å². The number of allylic oxidation sites excluding steroid dienone is 13. The molecule has 0 amide bonds. The number of ether oxygens (including phenoxy) is 2. The minimum absolute atomic E-state index is 0.227. The highest BCUT2D eigenvalue weighted by atomic mass is 16.5. The van der Waals surface area contributed by atoms with E-state index < -0.39 is 5.41 Å². The molecule has 0 saturated carbocycles. The second-order valence-corrected chi connectivity index (χ2v) is 14.8. The molecule has 0 aromatic heterocycles. The Bertz CT molecular complexity index is 2340. The van der Waals surface area contributed by atoms with E-state index in [0.29, 0.717) is 17.8 Å². The number of hydrogen-bond donors (Lipinski definition) is 0. The summed E-state index contributed by atoms with van der Waals surface area (Å²) in [5, 5.41) is 0. The van der Waals surface area contributed by atoms with Gasteiger partial charge in [0.05, 0.1) is 18.0 Å². The molecule has 51 heavy (non-hydrogen) atoms. The van der Waals surface area contributed by atoms with Crippen LogP contribution < -0.4 is 9.64 Å². The summed E-state index contributed by atoms with van der Waals surface area (Å²) in [5.74, 6) is 5.01. The van der Waals surface area contributed by atoms with Crippen molar-refractivity contribution in [2.24, 2.45) is 16.8 Å². The smallest absolute Gasteiger partial charge is 0.134 e. The minimum atomic E-state index is -0.504. The number of aliphatic imine (C=N–C) groups is 1. The van der Waals surface area contributed by atoms with Crippen LogP contribution in [0.4, 0.5) is 11.4 Å². The molecular weight excluding hydrogens is 625 g/mol. The zero-order chi connectivity index (χ0) is 33.5. The van der Waals surface area contributed by atoms with Gasteiger partial charge < -0.3 is 14.4 Å². The first-order chi connectivity index (χ1) is 25.3. The summed E-state index contributed by atoms with van der Waals surface area (Å²) >= 11 is 0. The van der Waals surface area contributed by atoms with E-state index in [1.54, 1.807) is 0 Å². The fraction of sp³-hybridized carbons (Fsp3) is 0.213. The first-order valence-electron chi connectivity index (χ1n) is 18.5. The van der Waals surface area contributed by atoms with Crippen LogP contribution in [-0.2, 0) is 10.2 Å². The fourth-order valence-corrected chi connectivity index (χ4v) is 9.98. The van der Waals surface area contributed by atoms with Crippen LogP contribution in [0.15, 0.2) is 178 Å². The Balaban J connectivity index is 1.06. The highest BCUT2D eigenvalue weighted by Gasteiger charge is 2.53. The van der Waals surface area contributed by atoms with Gasteiger partial charge in [0.15, 0.2) is 0 Å². The minimum Gasteiger partial charge on any atom is -0.461 e. The molecule has 0 fully saturated rings. The molecule has 4 aliphatic heterocycles. The van der Waals surface area contributed by atoms with Crippen LogP contribution in [0, 0.1) is 11.8 Å². The van der Waals surface area contributed by atoms with Gasteiger partial charge in [-0.1, -0.05) is 103 Å². The molecule has 5 atom stereocenters. The van der Waals surface area contributed by atoms with E-state index in [4.69, 9.17) is 9.47 Å². The van der Waals surface area contributed by atoms with Crippen molar-refractivity contribution in [3.05, 3.63) is 190 Å². The molecule has 4 heterocycles. The number of hydrogen-bond acceptors (Lipinski definition) is 4. The summed E-state index contributed by atoms with van der Waals surface area (Å²) in [5.41, 5.74) is 10.9. The first-order valence-corrected chi connectivity index (χ1v) is 18.5. The monoisotopic (exact) mass is 662 g/mol. The Morgan fingerprint density at radius 3 is 2.67 bits per heavy atom. The van der Waals surface area contributed by atoms with Gasteiger partial charge in [0.2, 0.25) is 0 Å². The Hall–Kier alpha value is -5.61. The van der Waals surface area contributed by atoms with Gasteiger partial charge in [-0.05, 0) is 83.7 Å². The molecule has 8 aliphatic rings. The van der Waals surface area contributed by atoms with Crippen molar-refractivity contribution in [2.75, 3.05) is 11.4 Å². The van der Waals surface area contributed by atoms with E-state index in [-0.39, 0.29) is 6.04 Å². The van der Waals surface area contributed by atoms with Crippen LogP contribution in [0.2, 0.25) is 0 Å². The third-order valence-electron chi connectivity index (χ3n) is 12.2. The maximum atomic E-state index is 6.99. The Labute approximate surface area is 299 Å². The number of fused-ring (bicyclic) bond motifs is 9. The molecule has 1 spiro atoms. The van der Waals surface area contributed by atoms with Crippen LogP contribution in [-0.4, -0.2) is 18.8 Å². The molecule has 0 saturated heterocycles. The van der Waals surface area contributed by atoms with Crippen molar-refractivity contribution in [1.29, 1.82) is 0 Å². The second kappa shape index (κ2) is 11.2. The molecule has 0 radical (unpaired) electrons. The molecular formula is C47H38N2O2. The molecule has 4 aliphatic carbocycles. The van der Waals surface area contributed by atoms with Crippen molar-refractivity contribution in [3.8, 4) is 11.5 Å². The standard InChI is InChI=1S/C47H38N2O2/c1-5-16-41-35(12-1)36-13-2-6-17-42(36)49(41)34-21-23-40-46(28-34)51-44-19-8-4-15-38(44)47(40)37-14-3-7-18-43(37)50-45-27-32(20-22-39(45)47)30-10-9-11-31(26-30)33-24-25-48-29-33/h1-2,4-9,11-13,15-26,28,30,32,35,41H,3,10,14,27,29H2. The van der Waals surface area contributed by atoms with Crippen molar-refractivity contribution in [3.63, 3.8) is 0 Å². The highest BCUT2D eigenvalue weighted by molar-refractivity contribution is 5.80. The summed E-state index contributed by atoms with van der Waals surface area (Å²) in [7, 11) is 0. The number of para-hydroxylation sites is 2. The van der Waals surface area contributed by atoms with E-state index in [2.05, 4.69) is 150 Å². The molecule has 3 aromatic rings. The largest absolute Gasteiger partial charge is 0.461 e. The van der Waals surface area contributed by atoms with Crippen LogP contribution in [0.3, 0.4) is 0 Å². The fourth-order valence-electron chi connectivity index (χ4n) is 9.98. The van der Waals surface area contributed by atoms with Crippen LogP contribution in [0.5, 0.6) is 11.5 Å². The second-order valence-electron chi connectivity index (χ2n) is 14.8. The van der Waals surface area contributed by atoms with E-state index in [1.807, 2.05) is 6.21 Å². The highest BCUT2D eigenvalue weighted by Crippen LogP contribution is 2.62. The lowest BCUT2D eigenvalue weighted by atomic mass is 9.58. The average molecular weight is 663 g/mol. The number of rotatable bonds is 3. The van der Waals surface area contributed by atoms with Gasteiger partial charge in [-0.25, -0.2) is 0 Å². The third-order valence-corrected chi connectivity index (χ3v) is 12.2. The van der Waals surface area contributed by atoms with Crippen molar-refractivity contribution < 1.29 is 9.47 Å². The Kier molecular flexibility index (Phi) is 6.40. The number of anilines is 2. The van der Waals surface area contributed by atoms with E-state index in [0.717, 1.165) is 60.9 Å². The van der Waals surface area contributed by atoms with Gasteiger partial charge >= 0.3 is 0 Å². The number of nitrogens with zero attached hydrogens (tertiary/aromatic N) is 2. The quantitative estimate of drug-likeness (QED) is 0.280. The van der Waals surface area contributed by atoms with Gasteiger partial charge in [0, 0.05) is 52.7 Å². The SMILES string of the molecule is C1=CC2c3ccccc3N(c3ccc4c(c3)Oc3ccccc3C43C4=C(CC(C5C=C(C6=CC=NC6)C=CC5)C=C4)OC4=C3CCC=C4)C2C=C1. The van der Waals surface area contributed by atoms with Gasteiger partial charge in [-0.2, -0.15) is 0 Å². The van der Waals surface area contributed by atoms with Crippen molar-refractivity contribution >= 4 is 17.6 Å². The van der Waals surface area contributed by atoms with Gasteiger partial charge in [-0.3, -0.25) is 4.99 Å². The normalized spacial score (nSPS) is 28.7. The molecule has 0 bridgehead atoms. The Morgan fingerprint density at radius 2 is 1.71 bits per heavy atom. The zero-order valence-electron chi connectivity index (χ0n) is 28.4. The lowest BCUT2D eigenvalue weighted by molar-refractivity contribution is 0.242. The van der Waals surface area contributed by atoms with Gasteiger partial charge in [0.1, 0.15) is 23.0 Å². The van der Waals surface area contributed by atoms with Crippen molar-refractivity contribution in [2.45, 2.75) is 43.1 Å². The summed E-state index contributed by atoms with van der Waals surface area (Å²) in [6, 6.07) is 24.8. The lowest BCUT2D eigenvalue weighted by Crippen LogP contribution is -2.41. The number of benzene rings is 3. The summed E-state index contributed by atoms with van der Waals surface area (Å²) in [4.78, 5) is 6.95. The zero-order valence-corrected chi connectivity index (χ0v) is 28.4. The third kappa shape index (κ3) is 4.23. The summed E-state index contributed by atoms with van der Waals surface area (Å²) < 4.78 is 13.9. The maximum Gasteiger partial charge on any atom is 0.134 e. The first kappa shape index (κ1) is 29.2. The van der Waals surface area contributed by atoms with Gasteiger partial charge in [0.25, 0.3) is 0 Å². The molecule has 4 heteroatoms. The van der Waals surface area contributed by atoms with E-state index in [1.165, 1.54) is 44.7 Å². The average Bonchev–Trinajstić information content (AvgIpc) is 3.85.